The molecular weight excluding hydrogens is 380 g/mol. The van der Waals surface area contributed by atoms with Crippen molar-refractivity contribution in [2.45, 2.75) is 20.4 Å². The maximum Gasteiger partial charge on any atom is 0.265 e. The summed E-state index contributed by atoms with van der Waals surface area (Å²) in [6.07, 6.45) is 1.54. The molecule has 0 radical (unpaired) electrons. The average Bonchev–Trinajstić information content (AvgIpc) is 2.76. The topological polar surface area (TPSA) is 76.5 Å². The second kappa shape index (κ2) is 8.77. The molecule has 1 aliphatic heterocycles. The highest BCUT2D eigenvalue weighted by molar-refractivity contribution is 5.94. The van der Waals surface area contributed by atoms with Crippen molar-refractivity contribution < 1.29 is 9.53 Å². The number of hydrogen-bond donors (Lipinski definition) is 1. The highest BCUT2D eigenvalue weighted by Crippen LogP contribution is 2.18. The second-order valence-electron chi connectivity index (χ2n) is 7.52. The molecule has 4 rings (SSSR count). The SMILES string of the molecule is CCNC(=O)c1ccc(C)c(-n2cnc3ccc(CN4CCOCC4)cc3c2=O)c1. The van der Waals surface area contributed by atoms with Gasteiger partial charge in [0, 0.05) is 31.7 Å². The van der Waals surface area contributed by atoms with Gasteiger partial charge in [0.15, 0.2) is 0 Å². The van der Waals surface area contributed by atoms with Gasteiger partial charge >= 0.3 is 0 Å². The minimum atomic E-state index is -0.159. The van der Waals surface area contributed by atoms with Gasteiger partial charge in [-0.1, -0.05) is 12.1 Å². The largest absolute Gasteiger partial charge is 0.379 e. The van der Waals surface area contributed by atoms with E-state index in [1.165, 1.54) is 10.9 Å². The van der Waals surface area contributed by atoms with Crippen LogP contribution in [0, 0.1) is 6.92 Å². The van der Waals surface area contributed by atoms with Crippen LogP contribution in [0.1, 0.15) is 28.4 Å². The van der Waals surface area contributed by atoms with E-state index in [-0.39, 0.29) is 11.5 Å². The molecule has 7 heteroatoms. The monoisotopic (exact) mass is 406 g/mol. The van der Waals surface area contributed by atoms with Crippen molar-refractivity contribution in [3.63, 3.8) is 0 Å². The van der Waals surface area contributed by atoms with Gasteiger partial charge in [-0.25, -0.2) is 4.98 Å². The smallest absolute Gasteiger partial charge is 0.265 e. The molecule has 0 aliphatic carbocycles. The lowest BCUT2D eigenvalue weighted by Crippen LogP contribution is -2.35. The van der Waals surface area contributed by atoms with Gasteiger partial charge in [0.1, 0.15) is 6.33 Å². The fourth-order valence-corrected chi connectivity index (χ4v) is 3.73. The third kappa shape index (κ3) is 4.13. The zero-order valence-corrected chi connectivity index (χ0v) is 17.4. The molecule has 1 aromatic heterocycles. The van der Waals surface area contributed by atoms with Crippen LogP contribution in [0.4, 0.5) is 0 Å². The Kier molecular flexibility index (Phi) is 5.92. The molecule has 1 fully saturated rings. The summed E-state index contributed by atoms with van der Waals surface area (Å²) >= 11 is 0. The minimum absolute atomic E-state index is 0.139. The number of carbonyl (C=O) groups is 1. The maximum atomic E-state index is 13.3. The van der Waals surface area contributed by atoms with Gasteiger partial charge in [-0.3, -0.25) is 19.1 Å². The third-order valence-electron chi connectivity index (χ3n) is 5.40. The first-order valence-corrected chi connectivity index (χ1v) is 10.3. The zero-order valence-electron chi connectivity index (χ0n) is 17.4. The summed E-state index contributed by atoms with van der Waals surface area (Å²) in [5.74, 6) is -0.159. The van der Waals surface area contributed by atoms with Crippen LogP contribution in [0.25, 0.3) is 16.6 Å². The first-order chi connectivity index (χ1) is 14.6. The van der Waals surface area contributed by atoms with E-state index in [1.807, 2.05) is 38.1 Å². The number of nitrogens with one attached hydrogen (secondary N) is 1. The van der Waals surface area contributed by atoms with Crippen LogP contribution >= 0.6 is 0 Å². The number of carbonyl (C=O) groups excluding carboxylic acids is 1. The molecule has 0 atom stereocenters. The third-order valence-corrected chi connectivity index (χ3v) is 5.40. The fourth-order valence-electron chi connectivity index (χ4n) is 3.73. The fraction of sp³-hybridized carbons (Fsp3) is 0.348. The van der Waals surface area contributed by atoms with Crippen LogP contribution in [0.5, 0.6) is 0 Å². The van der Waals surface area contributed by atoms with Crippen LogP contribution < -0.4 is 10.9 Å². The van der Waals surface area contributed by atoms with Crippen molar-refractivity contribution in [3.8, 4) is 5.69 Å². The number of benzene rings is 2. The molecule has 2 aromatic carbocycles. The zero-order chi connectivity index (χ0) is 21.1. The van der Waals surface area contributed by atoms with Gasteiger partial charge in [-0.2, -0.15) is 0 Å². The average molecular weight is 406 g/mol. The maximum absolute atomic E-state index is 13.3. The lowest BCUT2D eigenvalue weighted by atomic mass is 10.1. The number of amides is 1. The Morgan fingerprint density at radius 2 is 1.97 bits per heavy atom. The summed E-state index contributed by atoms with van der Waals surface area (Å²) in [5.41, 5.74) is 3.69. The Balaban J connectivity index is 1.73. The lowest BCUT2D eigenvalue weighted by molar-refractivity contribution is 0.0342. The molecule has 7 nitrogen and oxygen atoms in total. The first kappa shape index (κ1) is 20.3. The van der Waals surface area contributed by atoms with E-state index >= 15 is 0 Å². The van der Waals surface area contributed by atoms with E-state index < -0.39 is 0 Å². The van der Waals surface area contributed by atoms with Crippen molar-refractivity contribution >= 4 is 16.8 Å². The Morgan fingerprint density at radius 1 is 1.17 bits per heavy atom. The summed E-state index contributed by atoms with van der Waals surface area (Å²) in [6, 6.07) is 11.2. The van der Waals surface area contributed by atoms with E-state index in [4.69, 9.17) is 4.74 Å². The highest BCUT2D eigenvalue weighted by atomic mass is 16.5. The number of aromatic nitrogens is 2. The summed E-state index contributed by atoms with van der Waals surface area (Å²) in [7, 11) is 0. The number of hydrogen-bond acceptors (Lipinski definition) is 5. The van der Waals surface area contributed by atoms with Crippen LogP contribution in [-0.4, -0.2) is 53.2 Å². The van der Waals surface area contributed by atoms with Crippen LogP contribution in [0.2, 0.25) is 0 Å². The number of morpholine rings is 1. The van der Waals surface area contributed by atoms with Crippen molar-refractivity contribution in [2.75, 3.05) is 32.8 Å². The number of fused-ring (bicyclic) bond motifs is 1. The minimum Gasteiger partial charge on any atom is -0.379 e. The lowest BCUT2D eigenvalue weighted by Gasteiger charge is -2.26. The second-order valence-corrected chi connectivity index (χ2v) is 7.52. The Labute approximate surface area is 175 Å². The molecule has 0 spiro atoms. The summed E-state index contributed by atoms with van der Waals surface area (Å²) in [5, 5.41) is 3.37. The molecule has 1 amide bonds. The molecule has 2 heterocycles. The van der Waals surface area contributed by atoms with E-state index in [2.05, 4.69) is 15.2 Å². The van der Waals surface area contributed by atoms with Crippen LogP contribution in [-0.2, 0) is 11.3 Å². The van der Waals surface area contributed by atoms with E-state index in [0.717, 1.165) is 44.0 Å². The van der Waals surface area contributed by atoms with Gasteiger partial charge in [-0.05, 0) is 49.2 Å². The van der Waals surface area contributed by atoms with Crippen LogP contribution in [0.3, 0.4) is 0 Å². The van der Waals surface area contributed by atoms with Gasteiger partial charge < -0.3 is 10.1 Å². The predicted molar refractivity (Wildman–Crippen MR) is 116 cm³/mol. The molecule has 1 N–H and O–H groups in total. The van der Waals surface area contributed by atoms with E-state index in [1.54, 1.807) is 12.1 Å². The number of aryl methyl sites for hydroxylation is 1. The molecule has 30 heavy (non-hydrogen) atoms. The van der Waals surface area contributed by atoms with Gasteiger partial charge in [-0.15, -0.1) is 0 Å². The molecular formula is C23H26N4O3. The number of nitrogens with zero attached hydrogens (tertiary/aromatic N) is 3. The van der Waals surface area contributed by atoms with Crippen LogP contribution in [0.15, 0.2) is 47.5 Å². The Morgan fingerprint density at radius 3 is 2.73 bits per heavy atom. The highest BCUT2D eigenvalue weighted by Gasteiger charge is 2.14. The summed E-state index contributed by atoms with van der Waals surface area (Å²) in [4.78, 5) is 32.4. The van der Waals surface area contributed by atoms with Crippen molar-refractivity contribution in [1.82, 2.24) is 19.8 Å². The molecule has 0 bridgehead atoms. The van der Waals surface area contributed by atoms with Crippen molar-refractivity contribution in [2.24, 2.45) is 0 Å². The van der Waals surface area contributed by atoms with Crippen molar-refractivity contribution in [1.29, 1.82) is 0 Å². The molecule has 3 aromatic rings. The number of rotatable bonds is 5. The predicted octanol–water partition coefficient (Wildman–Crippen LogP) is 2.28. The van der Waals surface area contributed by atoms with Crippen molar-refractivity contribution in [3.05, 3.63) is 69.8 Å². The normalized spacial score (nSPS) is 14.7. The molecule has 0 unspecified atom stereocenters. The quantitative estimate of drug-likeness (QED) is 0.704. The molecule has 156 valence electrons. The standard InChI is InChI=1S/C23H26N4O3/c1-3-24-22(28)18-6-4-16(2)21(13-18)27-15-25-20-7-5-17(12-19(20)23(27)29)14-26-8-10-30-11-9-26/h4-7,12-13,15H,3,8-11,14H2,1-2H3,(H,24,28). The Bertz CT molecular complexity index is 1130. The first-order valence-electron chi connectivity index (χ1n) is 10.3. The van der Waals surface area contributed by atoms with E-state index in [9.17, 15) is 9.59 Å². The molecule has 1 saturated heterocycles. The molecule has 0 saturated carbocycles. The van der Waals surface area contributed by atoms with E-state index in [0.29, 0.717) is 28.7 Å². The molecule has 1 aliphatic rings. The van der Waals surface area contributed by atoms with Gasteiger partial charge in [0.25, 0.3) is 11.5 Å². The summed E-state index contributed by atoms with van der Waals surface area (Å²) in [6.45, 7) is 8.38. The summed E-state index contributed by atoms with van der Waals surface area (Å²) < 4.78 is 6.94. The number of ether oxygens (including phenoxy) is 1. The Hall–Kier alpha value is -3.03. The van der Waals surface area contributed by atoms with Gasteiger partial charge in [0.05, 0.1) is 29.8 Å². The van der Waals surface area contributed by atoms with Gasteiger partial charge in [0.2, 0.25) is 0 Å².